The molecule has 0 saturated carbocycles. The quantitative estimate of drug-likeness (QED) is 0.774. The van der Waals surface area contributed by atoms with Crippen LogP contribution in [0.4, 0.5) is 4.39 Å². The lowest BCUT2D eigenvalue weighted by atomic mass is 10.1. The predicted octanol–water partition coefficient (Wildman–Crippen LogP) is 2.83. The molecule has 1 aromatic carbocycles. The van der Waals surface area contributed by atoms with Crippen molar-refractivity contribution in [2.45, 2.75) is 26.1 Å². The van der Waals surface area contributed by atoms with Crippen molar-refractivity contribution in [2.24, 2.45) is 0 Å². The third kappa shape index (κ3) is 3.06. The molecule has 0 heterocycles. The van der Waals surface area contributed by atoms with E-state index in [1.165, 1.54) is 12.1 Å². The van der Waals surface area contributed by atoms with E-state index in [1.807, 2.05) is 0 Å². The van der Waals surface area contributed by atoms with Crippen LogP contribution in [-0.4, -0.2) is 11.2 Å². The normalized spacial score (nSPS) is 14.4. The summed E-state index contributed by atoms with van der Waals surface area (Å²) in [5.74, 6) is -0.297. The van der Waals surface area contributed by atoms with Gasteiger partial charge in [-0.15, -0.1) is 0 Å². The Morgan fingerprint density at radius 1 is 1.47 bits per heavy atom. The van der Waals surface area contributed by atoms with Crippen LogP contribution >= 0.6 is 0 Å². The predicted molar refractivity (Wildman–Crippen MR) is 57.3 cm³/mol. The minimum Gasteiger partial charge on any atom is -0.484 e. The molecule has 0 aliphatic carbocycles. The van der Waals surface area contributed by atoms with Crippen molar-refractivity contribution in [1.29, 1.82) is 0 Å². The number of hydrogen-bond donors (Lipinski definition) is 1. The minimum absolute atomic E-state index is 0.173. The summed E-state index contributed by atoms with van der Waals surface area (Å²) in [6.45, 7) is 6.90. The molecule has 1 aromatic rings. The summed E-state index contributed by atoms with van der Waals surface area (Å²) in [5, 5.41) is 9.24. The van der Waals surface area contributed by atoms with Crippen molar-refractivity contribution in [2.75, 3.05) is 0 Å². The van der Waals surface area contributed by atoms with E-state index in [4.69, 9.17) is 4.74 Å². The lowest BCUT2D eigenvalue weighted by Gasteiger charge is -2.12. The highest BCUT2D eigenvalue weighted by Gasteiger charge is 2.09. The van der Waals surface area contributed by atoms with Gasteiger partial charge in [0.05, 0.1) is 6.10 Å². The Hall–Kier alpha value is -1.35. The zero-order chi connectivity index (χ0) is 11.4. The molecule has 2 atom stereocenters. The van der Waals surface area contributed by atoms with Gasteiger partial charge in [-0.1, -0.05) is 18.7 Å². The number of aliphatic hydroxyl groups excluding tert-OH is 1. The van der Waals surface area contributed by atoms with Gasteiger partial charge in [-0.3, -0.25) is 0 Å². The Bertz CT molecular complexity index is 347. The number of halogens is 1. The van der Waals surface area contributed by atoms with Gasteiger partial charge in [0.15, 0.2) is 11.6 Å². The first-order valence-corrected chi connectivity index (χ1v) is 4.81. The second kappa shape index (κ2) is 4.94. The molecule has 0 aliphatic rings. The fraction of sp³-hybridized carbons (Fsp3) is 0.333. The number of aliphatic hydroxyl groups is 1. The molecular weight excluding hydrogens is 195 g/mol. The van der Waals surface area contributed by atoms with E-state index in [0.29, 0.717) is 5.56 Å². The third-order valence-corrected chi connectivity index (χ3v) is 2.08. The molecule has 2 unspecified atom stereocenters. The molecule has 0 aromatic heterocycles. The van der Waals surface area contributed by atoms with Crippen molar-refractivity contribution in [1.82, 2.24) is 0 Å². The molecule has 0 fully saturated rings. The SMILES string of the molecule is C=CC(C)Oc1ccc(C(C)O)cc1F. The maximum absolute atomic E-state index is 13.4. The van der Waals surface area contributed by atoms with Crippen LogP contribution < -0.4 is 4.74 Å². The largest absolute Gasteiger partial charge is 0.484 e. The summed E-state index contributed by atoms with van der Waals surface area (Å²) in [6, 6.07) is 4.42. The van der Waals surface area contributed by atoms with Gasteiger partial charge in [0, 0.05) is 0 Å². The maximum Gasteiger partial charge on any atom is 0.165 e. The van der Waals surface area contributed by atoms with E-state index in [9.17, 15) is 9.50 Å². The lowest BCUT2D eigenvalue weighted by Crippen LogP contribution is -2.08. The molecule has 0 aliphatic heterocycles. The van der Waals surface area contributed by atoms with Gasteiger partial charge in [-0.2, -0.15) is 0 Å². The summed E-state index contributed by atoms with van der Waals surface area (Å²) >= 11 is 0. The van der Waals surface area contributed by atoms with Gasteiger partial charge >= 0.3 is 0 Å². The number of rotatable bonds is 4. The van der Waals surface area contributed by atoms with Crippen LogP contribution in [0.3, 0.4) is 0 Å². The summed E-state index contributed by atoms with van der Waals surface area (Å²) in [7, 11) is 0. The summed E-state index contributed by atoms with van der Waals surface area (Å²) in [6.07, 6.45) is 0.671. The van der Waals surface area contributed by atoms with Crippen LogP contribution in [0, 0.1) is 5.82 Å². The van der Waals surface area contributed by atoms with Crippen molar-refractivity contribution >= 4 is 0 Å². The van der Waals surface area contributed by atoms with Crippen molar-refractivity contribution < 1.29 is 14.2 Å². The van der Waals surface area contributed by atoms with E-state index in [-0.39, 0.29) is 11.9 Å². The lowest BCUT2D eigenvalue weighted by molar-refractivity contribution is 0.198. The highest BCUT2D eigenvalue weighted by molar-refractivity contribution is 5.30. The molecule has 2 nitrogen and oxygen atoms in total. The fourth-order valence-corrected chi connectivity index (χ4v) is 1.12. The number of hydrogen-bond acceptors (Lipinski definition) is 2. The maximum atomic E-state index is 13.4. The van der Waals surface area contributed by atoms with Crippen LogP contribution in [0.25, 0.3) is 0 Å². The minimum atomic E-state index is -0.676. The fourth-order valence-electron chi connectivity index (χ4n) is 1.12. The second-order valence-corrected chi connectivity index (χ2v) is 3.42. The molecule has 0 spiro atoms. The van der Waals surface area contributed by atoms with Gasteiger partial charge in [-0.25, -0.2) is 4.39 Å². The van der Waals surface area contributed by atoms with E-state index in [0.717, 1.165) is 0 Å². The van der Waals surface area contributed by atoms with Crippen LogP contribution in [0.1, 0.15) is 25.5 Å². The Morgan fingerprint density at radius 3 is 2.60 bits per heavy atom. The highest BCUT2D eigenvalue weighted by Crippen LogP contribution is 2.22. The van der Waals surface area contributed by atoms with Gasteiger partial charge in [0.2, 0.25) is 0 Å². The first-order chi connectivity index (χ1) is 7.04. The Labute approximate surface area is 89.0 Å². The van der Waals surface area contributed by atoms with Crippen LogP contribution in [0.2, 0.25) is 0 Å². The van der Waals surface area contributed by atoms with E-state index >= 15 is 0 Å². The smallest absolute Gasteiger partial charge is 0.165 e. The van der Waals surface area contributed by atoms with E-state index < -0.39 is 11.9 Å². The Kier molecular flexibility index (Phi) is 3.86. The van der Waals surface area contributed by atoms with Crippen LogP contribution in [0.15, 0.2) is 30.9 Å². The highest BCUT2D eigenvalue weighted by atomic mass is 19.1. The molecular formula is C12H15FO2. The van der Waals surface area contributed by atoms with E-state index in [2.05, 4.69) is 6.58 Å². The molecule has 0 radical (unpaired) electrons. The van der Waals surface area contributed by atoms with E-state index in [1.54, 1.807) is 26.0 Å². The average molecular weight is 210 g/mol. The number of benzene rings is 1. The second-order valence-electron chi connectivity index (χ2n) is 3.42. The Morgan fingerprint density at radius 2 is 2.13 bits per heavy atom. The third-order valence-electron chi connectivity index (χ3n) is 2.08. The Balaban J connectivity index is 2.88. The monoisotopic (exact) mass is 210 g/mol. The van der Waals surface area contributed by atoms with Gasteiger partial charge < -0.3 is 9.84 Å². The zero-order valence-corrected chi connectivity index (χ0v) is 8.90. The molecule has 0 saturated heterocycles. The van der Waals surface area contributed by atoms with Gasteiger partial charge in [0.25, 0.3) is 0 Å². The molecule has 1 N–H and O–H groups in total. The molecule has 82 valence electrons. The number of ether oxygens (including phenoxy) is 1. The first-order valence-electron chi connectivity index (χ1n) is 4.81. The van der Waals surface area contributed by atoms with Crippen LogP contribution in [0.5, 0.6) is 5.75 Å². The van der Waals surface area contributed by atoms with Gasteiger partial charge in [0.1, 0.15) is 6.10 Å². The van der Waals surface area contributed by atoms with Crippen LogP contribution in [-0.2, 0) is 0 Å². The summed E-state index contributed by atoms with van der Waals surface area (Å²) in [4.78, 5) is 0. The van der Waals surface area contributed by atoms with Gasteiger partial charge in [-0.05, 0) is 31.5 Å². The molecule has 1 rings (SSSR count). The summed E-state index contributed by atoms with van der Waals surface area (Å²) < 4.78 is 18.7. The molecule has 0 bridgehead atoms. The first kappa shape index (κ1) is 11.7. The summed E-state index contributed by atoms with van der Waals surface area (Å²) in [5.41, 5.74) is 0.533. The standard InChI is InChI=1S/C12H15FO2/c1-4-8(2)15-12-6-5-10(9(3)14)7-11(12)13/h4-9,14H,1H2,2-3H3. The molecule has 0 amide bonds. The molecule has 3 heteroatoms. The zero-order valence-electron chi connectivity index (χ0n) is 8.90. The average Bonchev–Trinajstić information content (AvgIpc) is 2.20. The van der Waals surface area contributed by atoms with Crippen molar-refractivity contribution in [3.8, 4) is 5.75 Å². The topological polar surface area (TPSA) is 29.5 Å². The molecule has 15 heavy (non-hydrogen) atoms. The van der Waals surface area contributed by atoms with Crippen molar-refractivity contribution in [3.05, 3.63) is 42.2 Å². The van der Waals surface area contributed by atoms with Crippen molar-refractivity contribution in [3.63, 3.8) is 0 Å².